The van der Waals surface area contributed by atoms with E-state index in [0.29, 0.717) is 5.92 Å². The predicted molar refractivity (Wildman–Crippen MR) is 61.5 cm³/mol. The molecule has 0 aromatic rings. The zero-order chi connectivity index (χ0) is 10.7. The van der Waals surface area contributed by atoms with Gasteiger partial charge in [-0.05, 0) is 30.2 Å². The van der Waals surface area contributed by atoms with Gasteiger partial charge in [0.2, 0.25) is 5.72 Å². The lowest BCUT2D eigenvalue weighted by Crippen LogP contribution is -2.48. The van der Waals surface area contributed by atoms with Crippen LogP contribution in [-0.4, -0.2) is 20.3 Å². The minimum atomic E-state index is -0.724. The number of rotatable bonds is 0. The SMILES string of the molecule is CC1(C)C2CCC13CS[N@]1OC13C2(Cl)Cl. The van der Waals surface area contributed by atoms with Gasteiger partial charge in [0.25, 0.3) is 0 Å². The van der Waals surface area contributed by atoms with E-state index in [2.05, 4.69) is 13.8 Å². The average molecular weight is 266 g/mol. The lowest BCUT2D eigenvalue weighted by molar-refractivity contribution is 0.0729. The van der Waals surface area contributed by atoms with Gasteiger partial charge in [-0.1, -0.05) is 41.5 Å². The molecule has 4 aliphatic rings. The molecular weight excluding hydrogens is 253 g/mol. The Balaban J connectivity index is 2.00. The molecule has 0 N–H and O–H groups in total. The van der Waals surface area contributed by atoms with Crippen LogP contribution in [0.25, 0.3) is 0 Å². The molecule has 2 aliphatic carbocycles. The molecular formula is C10H13Cl2NOS. The molecule has 2 saturated carbocycles. The molecule has 0 aromatic carbocycles. The lowest BCUT2D eigenvalue weighted by Gasteiger charge is -2.36. The monoisotopic (exact) mass is 265 g/mol. The summed E-state index contributed by atoms with van der Waals surface area (Å²) in [7, 11) is 0. The van der Waals surface area contributed by atoms with Crippen molar-refractivity contribution in [3.8, 4) is 0 Å². The van der Waals surface area contributed by atoms with E-state index in [-0.39, 0.29) is 16.6 Å². The third-order valence-electron chi connectivity index (χ3n) is 5.37. The fourth-order valence-corrected chi connectivity index (χ4v) is 7.55. The number of fused-ring (bicyclic) bond motifs is 1. The van der Waals surface area contributed by atoms with Crippen LogP contribution in [0.4, 0.5) is 0 Å². The summed E-state index contributed by atoms with van der Waals surface area (Å²) < 4.78 is 1.23. The summed E-state index contributed by atoms with van der Waals surface area (Å²) in [6.07, 6.45) is 2.34. The van der Waals surface area contributed by atoms with Gasteiger partial charge in [-0.3, -0.25) is 4.84 Å². The zero-order valence-electron chi connectivity index (χ0n) is 8.72. The molecule has 84 valence electrons. The fourth-order valence-electron chi connectivity index (χ4n) is 4.39. The predicted octanol–water partition coefficient (Wildman–Crippen LogP) is 3.20. The van der Waals surface area contributed by atoms with Crippen molar-refractivity contribution in [3.63, 3.8) is 0 Å². The van der Waals surface area contributed by atoms with Gasteiger partial charge in [0.05, 0.1) is 0 Å². The van der Waals surface area contributed by atoms with Crippen molar-refractivity contribution < 1.29 is 4.84 Å². The molecule has 2 heterocycles. The number of hydroxylamine groups is 1. The van der Waals surface area contributed by atoms with Crippen LogP contribution in [0, 0.1) is 16.7 Å². The molecule has 2 spiro atoms. The standard InChI is InChI=1S/C10H13Cl2NOS/c1-7(2)6-3-4-8(7)5-15-13-10(8,14-13)9(6,11)12/h6H,3-5H2,1-2H3/t6?,8?,10?,13-/m0/s1. The van der Waals surface area contributed by atoms with Crippen molar-refractivity contribution in [2.75, 3.05) is 5.75 Å². The van der Waals surface area contributed by atoms with E-state index in [1.54, 1.807) is 11.9 Å². The minimum absolute atomic E-state index is 0.166. The van der Waals surface area contributed by atoms with E-state index in [4.69, 9.17) is 28.0 Å². The number of alkyl halides is 2. The minimum Gasteiger partial charge on any atom is -0.256 e. The molecule has 2 bridgehead atoms. The topological polar surface area (TPSA) is 15.5 Å². The third kappa shape index (κ3) is 0.662. The molecule has 5 heteroatoms. The van der Waals surface area contributed by atoms with Crippen LogP contribution in [0.1, 0.15) is 26.7 Å². The molecule has 4 rings (SSSR count). The number of halogens is 2. The molecule has 3 unspecified atom stereocenters. The quantitative estimate of drug-likeness (QED) is 0.380. The highest BCUT2D eigenvalue weighted by Crippen LogP contribution is 2.86. The van der Waals surface area contributed by atoms with Crippen LogP contribution in [0.3, 0.4) is 0 Å². The van der Waals surface area contributed by atoms with Crippen molar-refractivity contribution in [2.45, 2.75) is 36.7 Å². The first-order valence-corrected chi connectivity index (χ1v) is 7.10. The van der Waals surface area contributed by atoms with Crippen LogP contribution < -0.4 is 0 Å². The fraction of sp³-hybridized carbons (Fsp3) is 1.00. The van der Waals surface area contributed by atoms with Gasteiger partial charge in [0.15, 0.2) is 4.33 Å². The maximum absolute atomic E-state index is 6.61. The second-order valence-electron chi connectivity index (χ2n) is 5.78. The van der Waals surface area contributed by atoms with Gasteiger partial charge in [0.1, 0.15) is 0 Å². The smallest absolute Gasteiger partial charge is 0.216 e. The normalized spacial score (nSPS) is 61.6. The van der Waals surface area contributed by atoms with Crippen LogP contribution in [0.5, 0.6) is 0 Å². The maximum atomic E-state index is 6.61. The molecule has 2 nitrogen and oxygen atoms in total. The molecule has 0 aromatic heterocycles. The Morgan fingerprint density at radius 1 is 1.40 bits per heavy atom. The van der Waals surface area contributed by atoms with Crippen LogP contribution in [0.2, 0.25) is 0 Å². The first kappa shape index (κ1) is 9.84. The first-order valence-electron chi connectivity index (χ1n) is 5.40. The van der Waals surface area contributed by atoms with Crippen molar-refractivity contribution >= 4 is 35.1 Å². The highest BCUT2D eigenvalue weighted by Gasteiger charge is 2.94. The molecule has 4 atom stereocenters. The average Bonchev–Trinajstić information content (AvgIpc) is 2.66. The molecule has 0 radical (unpaired) electrons. The molecule has 2 aliphatic heterocycles. The largest absolute Gasteiger partial charge is 0.256 e. The van der Waals surface area contributed by atoms with Crippen molar-refractivity contribution in [3.05, 3.63) is 0 Å². The summed E-state index contributed by atoms with van der Waals surface area (Å²) in [5.41, 5.74) is -0.0201. The number of hydrogen-bond donors (Lipinski definition) is 0. The zero-order valence-corrected chi connectivity index (χ0v) is 11.0. The number of hydrogen-bond acceptors (Lipinski definition) is 3. The number of nitrogens with zero attached hydrogens (tertiary/aromatic N) is 1. The van der Waals surface area contributed by atoms with E-state index < -0.39 is 4.33 Å². The summed E-state index contributed by atoms with van der Waals surface area (Å²) in [5, 5.41) is 0. The van der Waals surface area contributed by atoms with Crippen molar-refractivity contribution in [1.29, 1.82) is 0 Å². The highest BCUT2D eigenvalue weighted by atomic mass is 35.5. The second-order valence-corrected chi connectivity index (χ2v) is 8.05. The van der Waals surface area contributed by atoms with Crippen molar-refractivity contribution in [1.82, 2.24) is 4.47 Å². The highest BCUT2D eigenvalue weighted by molar-refractivity contribution is 7.97. The van der Waals surface area contributed by atoms with Crippen molar-refractivity contribution in [2.24, 2.45) is 16.7 Å². The molecule has 0 amide bonds. The van der Waals surface area contributed by atoms with Crippen LogP contribution >= 0.6 is 35.1 Å². The lowest BCUT2D eigenvalue weighted by atomic mass is 9.68. The Bertz CT molecular complexity index is 362. The van der Waals surface area contributed by atoms with E-state index in [1.807, 2.05) is 4.47 Å². The van der Waals surface area contributed by atoms with E-state index in [1.165, 1.54) is 6.42 Å². The molecule has 15 heavy (non-hydrogen) atoms. The summed E-state index contributed by atoms with van der Waals surface area (Å²) in [6, 6.07) is 0. The van der Waals surface area contributed by atoms with Crippen LogP contribution in [-0.2, 0) is 4.84 Å². The summed E-state index contributed by atoms with van der Waals surface area (Å²) in [4.78, 5) is 5.77. The Morgan fingerprint density at radius 2 is 2.13 bits per heavy atom. The first-order chi connectivity index (χ1) is 6.90. The third-order valence-corrected chi connectivity index (χ3v) is 7.60. The van der Waals surface area contributed by atoms with Gasteiger partial charge < -0.3 is 0 Å². The van der Waals surface area contributed by atoms with E-state index in [9.17, 15) is 0 Å². The Labute approximate surface area is 104 Å². The van der Waals surface area contributed by atoms with Gasteiger partial charge in [-0.15, -0.1) is 0 Å². The summed E-state index contributed by atoms with van der Waals surface area (Å²) >= 11 is 15.0. The van der Waals surface area contributed by atoms with Gasteiger partial charge in [-0.25, -0.2) is 0 Å². The van der Waals surface area contributed by atoms with E-state index in [0.717, 1.165) is 12.2 Å². The maximum Gasteiger partial charge on any atom is 0.216 e. The molecule has 4 fully saturated rings. The van der Waals surface area contributed by atoms with Gasteiger partial charge >= 0.3 is 0 Å². The Morgan fingerprint density at radius 3 is 2.73 bits per heavy atom. The Kier molecular flexibility index (Phi) is 1.45. The van der Waals surface area contributed by atoms with E-state index >= 15 is 0 Å². The van der Waals surface area contributed by atoms with Crippen LogP contribution in [0.15, 0.2) is 0 Å². The van der Waals surface area contributed by atoms with Gasteiger partial charge in [-0.2, -0.15) is 0 Å². The Hall–Kier alpha value is 0.850. The second kappa shape index (κ2) is 2.22. The van der Waals surface area contributed by atoms with Gasteiger partial charge in [0, 0.05) is 17.1 Å². The molecule has 2 saturated heterocycles. The summed E-state index contributed by atoms with van der Waals surface area (Å²) in [5.74, 6) is 1.47. The summed E-state index contributed by atoms with van der Waals surface area (Å²) in [6.45, 7) is 4.62.